The van der Waals surface area contributed by atoms with E-state index < -0.39 is 28.0 Å². The summed E-state index contributed by atoms with van der Waals surface area (Å²) in [6, 6.07) is 10.2. The highest BCUT2D eigenvalue weighted by Gasteiger charge is 2.31. The zero-order chi connectivity index (χ0) is 21.1. The van der Waals surface area contributed by atoms with Crippen molar-refractivity contribution < 1.29 is 35.9 Å². The molecule has 2 aromatic rings. The fourth-order valence-corrected chi connectivity index (χ4v) is 4.34. The summed E-state index contributed by atoms with van der Waals surface area (Å²) in [7, 11) is -3.91. The molecule has 29 heavy (non-hydrogen) atoms. The van der Waals surface area contributed by atoms with Crippen molar-refractivity contribution in [3.05, 3.63) is 54.1 Å². The number of amides is 1. The number of carbonyl (C=O) groups is 1. The molecule has 0 aliphatic carbocycles. The highest BCUT2D eigenvalue weighted by atomic mass is 32.2. The Balaban J connectivity index is 1.80. The molecule has 1 aliphatic heterocycles. The predicted octanol–water partition coefficient (Wildman–Crippen LogP) is 2.86. The molecular formula is C18H17F3N2O5S. The summed E-state index contributed by atoms with van der Waals surface area (Å²) in [5.41, 5.74) is 0.109. The Labute approximate surface area is 165 Å². The number of benzene rings is 2. The third-order valence-electron chi connectivity index (χ3n) is 4.07. The highest BCUT2D eigenvalue weighted by Crippen LogP contribution is 2.25. The lowest BCUT2D eigenvalue weighted by atomic mass is 10.2. The minimum absolute atomic E-state index is 0.0744. The van der Waals surface area contributed by atoms with E-state index in [4.69, 9.17) is 4.74 Å². The molecule has 7 nitrogen and oxygen atoms in total. The fourth-order valence-electron chi connectivity index (χ4n) is 2.74. The van der Waals surface area contributed by atoms with Crippen LogP contribution in [0.15, 0.2) is 53.4 Å². The van der Waals surface area contributed by atoms with Crippen molar-refractivity contribution in [2.75, 3.05) is 31.6 Å². The van der Waals surface area contributed by atoms with Gasteiger partial charge >= 0.3 is 6.36 Å². The van der Waals surface area contributed by atoms with Gasteiger partial charge < -0.3 is 14.8 Å². The molecule has 0 saturated carbocycles. The van der Waals surface area contributed by atoms with Gasteiger partial charge in [0, 0.05) is 18.8 Å². The molecule has 0 unspecified atom stereocenters. The first-order chi connectivity index (χ1) is 13.7. The monoisotopic (exact) mass is 430 g/mol. The van der Waals surface area contributed by atoms with Crippen LogP contribution in [0.4, 0.5) is 18.9 Å². The Bertz CT molecular complexity index is 972. The summed E-state index contributed by atoms with van der Waals surface area (Å²) in [4.78, 5) is 12.5. The van der Waals surface area contributed by atoms with Crippen molar-refractivity contribution in [3.8, 4) is 5.75 Å². The van der Waals surface area contributed by atoms with E-state index in [0.717, 1.165) is 12.1 Å². The summed E-state index contributed by atoms with van der Waals surface area (Å²) < 4.78 is 72.7. The van der Waals surface area contributed by atoms with Crippen LogP contribution in [-0.4, -0.2) is 51.3 Å². The van der Waals surface area contributed by atoms with Crippen LogP contribution in [0.3, 0.4) is 0 Å². The van der Waals surface area contributed by atoms with Crippen LogP contribution in [0.2, 0.25) is 0 Å². The van der Waals surface area contributed by atoms with Gasteiger partial charge in [-0.15, -0.1) is 13.2 Å². The number of ether oxygens (including phenoxy) is 2. The minimum Gasteiger partial charge on any atom is -0.406 e. The lowest BCUT2D eigenvalue weighted by Gasteiger charge is -2.26. The first-order valence-electron chi connectivity index (χ1n) is 8.51. The Morgan fingerprint density at radius 3 is 2.28 bits per heavy atom. The number of anilines is 1. The number of nitrogens with one attached hydrogen (secondary N) is 1. The Morgan fingerprint density at radius 1 is 1.03 bits per heavy atom. The molecule has 3 rings (SSSR count). The summed E-state index contributed by atoms with van der Waals surface area (Å²) in [6.07, 6.45) is -4.82. The Kier molecular flexibility index (Phi) is 6.10. The van der Waals surface area contributed by atoms with Crippen molar-refractivity contribution in [2.24, 2.45) is 0 Å². The lowest BCUT2D eigenvalue weighted by molar-refractivity contribution is -0.274. The standard InChI is InChI=1S/C18H17F3N2O5S/c19-18(20,21)28-14-7-5-13(6-8-14)22-17(24)15-3-1-2-4-16(15)29(25,26)23-9-11-27-12-10-23/h1-8H,9-12H2,(H,22,24). The number of nitrogens with zero attached hydrogens (tertiary/aromatic N) is 1. The van der Waals surface area contributed by atoms with E-state index in [9.17, 15) is 26.4 Å². The molecule has 1 heterocycles. The smallest absolute Gasteiger partial charge is 0.406 e. The van der Waals surface area contributed by atoms with Gasteiger partial charge in [0.1, 0.15) is 5.75 Å². The average molecular weight is 430 g/mol. The van der Waals surface area contributed by atoms with Crippen LogP contribution in [0.25, 0.3) is 0 Å². The second kappa shape index (κ2) is 8.39. The maximum atomic E-state index is 12.9. The van der Waals surface area contributed by atoms with Crippen molar-refractivity contribution in [2.45, 2.75) is 11.3 Å². The van der Waals surface area contributed by atoms with Crippen LogP contribution >= 0.6 is 0 Å². The second-order valence-corrected chi connectivity index (χ2v) is 7.95. The number of hydrogen-bond donors (Lipinski definition) is 1. The van der Waals surface area contributed by atoms with E-state index in [0.29, 0.717) is 0 Å². The number of halogens is 3. The van der Waals surface area contributed by atoms with Gasteiger partial charge in [0.25, 0.3) is 5.91 Å². The third-order valence-corrected chi connectivity index (χ3v) is 6.02. The molecule has 0 atom stereocenters. The van der Waals surface area contributed by atoms with Crippen molar-refractivity contribution in [3.63, 3.8) is 0 Å². The van der Waals surface area contributed by atoms with Gasteiger partial charge in [0.2, 0.25) is 10.0 Å². The van der Waals surface area contributed by atoms with Crippen molar-refractivity contribution >= 4 is 21.6 Å². The largest absolute Gasteiger partial charge is 0.573 e. The first kappa shape index (κ1) is 21.1. The number of morpholine rings is 1. The van der Waals surface area contributed by atoms with Gasteiger partial charge in [-0.1, -0.05) is 12.1 Å². The van der Waals surface area contributed by atoms with Crippen molar-refractivity contribution in [1.82, 2.24) is 4.31 Å². The highest BCUT2D eigenvalue weighted by molar-refractivity contribution is 7.89. The molecule has 11 heteroatoms. The summed E-state index contributed by atoms with van der Waals surface area (Å²) in [6.45, 7) is 0.887. The van der Waals surface area contributed by atoms with E-state index >= 15 is 0 Å². The van der Waals surface area contributed by atoms with E-state index in [1.54, 1.807) is 0 Å². The molecule has 0 bridgehead atoms. The molecule has 2 aromatic carbocycles. The predicted molar refractivity (Wildman–Crippen MR) is 97.1 cm³/mol. The molecule has 1 saturated heterocycles. The molecule has 1 N–H and O–H groups in total. The maximum Gasteiger partial charge on any atom is 0.573 e. The number of alkyl halides is 3. The molecule has 1 aliphatic rings. The van der Waals surface area contributed by atoms with Gasteiger partial charge in [-0.25, -0.2) is 8.42 Å². The summed E-state index contributed by atoms with van der Waals surface area (Å²) in [5, 5.41) is 2.48. The topological polar surface area (TPSA) is 84.9 Å². The third kappa shape index (κ3) is 5.25. The normalized spacial score (nSPS) is 15.7. The molecule has 1 amide bonds. The van der Waals surface area contributed by atoms with Crippen molar-refractivity contribution in [1.29, 1.82) is 0 Å². The molecule has 1 fully saturated rings. The summed E-state index contributed by atoms with van der Waals surface area (Å²) >= 11 is 0. The van der Waals surface area contributed by atoms with Crippen LogP contribution in [0, 0.1) is 0 Å². The number of hydrogen-bond acceptors (Lipinski definition) is 5. The number of carbonyl (C=O) groups excluding carboxylic acids is 1. The average Bonchev–Trinajstić information content (AvgIpc) is 2.69. The Morgan fingerprint density at radius 2 is 1.66 bits per heavy atom. The van der Waals surface area contributed by atoms with Gasteiger partial charge in [-0.3, -0.25) is 4.79 Å². The molecule has 0 spiro atoms. The molecule has 0 radical (unpaired) electrons. The lowest BCUT2D eigenvalue weighted by Crippen LogP contribution is -2.41. The van der Waals surface area contributed by atoms with Crippen LogP contribution < -0.4 is 10.1 Å². The van der Waals surface area contributed by atoms with Crippen LogP contribution in [0.5, 0.6) is 5.75 Å². The molecule has 156 valence electrons. The zero-order valence-corrected chi connectivity index (χ0v) is 15.8. The fraction of sp³-hybridized carbons (Fsp3) is 0.278. The number of rotatable bonds is 5. The second-order valence-electron chi connectivity index (χ2n) is 6.04. The van der Waals surface area contributed by atoms with Crippen LogP contribution in [0.1, 0.15) is 10.4 Å². The quantitative estimate of drug-likeness (QED) is 0.789. The SMILES string of the molecule is O=C(Nc1ccc(OC(F)(F)F)cc1)c1ccccc1S(=O)(=O)N1CCOCC1. The van der Waals surface area contributed by atoms with E-state index in [1.807, 2.05) is 0 Å². The van der Waals surface area contributed by atoms with Gasteiger partial charge in [-0.05, 0) is 36.4 Å². The Hall–Kier alpha value is -2.63. The molecule has 0 aromatic heterocycles. The summed E-state index contributed by atoms with van der Waals surface area (Å²) in [5.74, 6) is -1.15. The van der Waals surface area contributed by atoms with Gasteiger partial charge in [0.05, 0.1) is 23.7 Å². The van der Waals surface area contributed by atoms with E-state index in [-0.39, 0.29) is 42.4 Å². The minimum atomic E-state index is -4.82. The van der Waals surface area contributed by atoms with Crippen LogP contribution in [-0.2, 0) is 14.8 Å². The maximum absolute atomic E-state index is 12.9. The number of sulfonamides is 1. The van der Waals surface area contributed by atoms with Gasteiger partial charge in [0.15, 0.2) is 0 Å². The van der Waals surface area contributed by atoms with E-state index in [1.165, 1.54) is 40.7 Å². The first-order valence-corrected chi connectivity index (χ1v) is 9.95. The van der Waals surface area contributed by atoms with Gasteiger partial charge in [-0.2, -0.15) is 4.31 Å². The zero-order valence-electron chi connectivity index (χ0n) is 15.0. The van der Waals surface area contributed by atoms with E-state index in [2.05, 4.69) is 10.1 Å². The molecular weight excluding hydrogens is 413 g/mol.